The molecule has 1 aliphatic heterocycles. The molecule has 0 bridgehead atoms. The average Bonchev–Trinajstić information content (AvgIpc) is 2.55. The zero-order valence-corrected chi connectivity index (χ0v) is 12.0. The molecule has 0 unspecified atom stereocenters. The highest BCUT2D eigenvalue weighted by molar-refractivity contribution is 6.07. The molecule has 4 heteroatoms. The van der Waals surface area contributed by atoms with Gasteiger partial charge in [-0.25, -0.2) is 0 Å². The van der Waals surface area contributed by atoms with E-state index in [0.717, 1.165) is 30.8 Å². The third kappa shape index (κ3) is 2.70. The maximum atomic E-state index is 12.5. The molecular weight excluding hydrogens is 264 g/mol. The number of hydrogen-bond acceptors (Lipinski definition) is 3. The molecule has 0 aromatic heterocycles. The third-order valence-electron chi connectivity index (χ3n) is 3.68. The van der Waals surface area contributed by atoms with Gasteiger partial charge in [-0.2, -0.15) is 0 Å². The van der Waals surface area contributed by atoms with E-state index in [1.54, 1.807) is 19.2 Å². The molecule has 0 spiro atoms. The van der Waals surface area contributed by atoms with Crippen LogP contribution >= 0.6 is 0 Å². The lowest BCUT2D eigenvalue weighted by molar-refractivity contribution is 0.102. The van der Waals surface area contributed by atoms with E-state index in [9.17, 15) is 4.79 Å². The highest BCUT2D eigenvalue weighted by Crippen LogP contribution is 2.31. The van der Waals surface area contributed by atoms with Gasteiger partial charge in [0, 0.05) is 6.54 Å². The van der Waals surface area contributed by atoms with Crippen LogP contribution in [0.2, 0.25) is 0 Å². The van der Waals surface area contributed by atoms with Crippen molar-refractivity contribution in [2.24, 2.45) is 0 Å². The Kier molecular flexibility index (Phi) is 3.77. The van der Waals surface area contributed by atoms with Crippen molar-refractivity contribution < 1.29 is 9.53 Å². The highest BCUT2D eigenvalue weighted by Gasteiger charge is 2.16. The first kappa shape index (κ1) is 13.5. The summed E-state index contributed by atoms with van der Waals surface area (Å²) in [6, 6.07) is 13.2. The molecule has 2 N–H and O–H groups in total. The Morgan fingerprint density at radius 3 is 2.90 bits per heavy atom. The monoisotopic (exact) mass is 282 g/mol. The molecule has 0 saturated carbocycles. The van der Waals surface area contributed by atoms with Crippen LogP contribution in [-0.4, -0.2) is 19.6 Å². The Balaban J connectivity index is 1.88. The second-order valence-electron chi connectivity index (χ2n) is 5.02. The molecular formula is C17H18N2O2. The van der Waals surface area contributed by atoms with Crippen LogP contribution in [0.3, 0.4) is 0 Å². The van der Waals surface area contributed by atoms with E-state index in [1.165, 1.54) is 5.56 Å². The van der Waals surface area contributed by atoms with Gasteiger partial charge >= 0.3 is 0 Å². The molecule has 0 atom stereocenters. The Bertz CT molecular complexity index is 668. The van der Waals surface area contributed by atoms with Crippen LogP contribution in [0.5, 0.6) is 5.75 Å². The number of rotatable bonds is 3. The lowest BCUT2D eigenvalue weighted by atomic mass is 10.0. The van der Waals surface area contributed by atoms with Gasteiger partial charge in [-0.15, -0.1) is 0 Å². The molecule has 2 aromatic rings. The smallest absolute Gasteiger partial charge is 0.259 e. The molecule has 0 aliphatic carbocycles. The number of carbonyl (C=O) groups is 1. The highest BCUT2D eigenvalue weighted by atomic mass is 16.5. The maximum Gasteiger partial charge on any atom is 0.259 e. The SMILES string of the molecule is COc1ccccc1C(=O)Nc1cccc2c1NCCC2. The van der Waals surface area contributed by atoms with Crippen LogP contribution < -0.4 is 15.4 Å². The first-order chi connectivity index (χ1) is 10.3. The predicted molar refractivity (Wildman–Crippen MR) is 84.2 cm³/mol. The quantitative estimate of drug-likeness (QED) is 0.908. The number of nitrogens with one attached hydrogen (secondary N) is 2. The number of benzene rings is 2. The molecule has 108 valence electrons. The number of ether oxygens (including phenoxy) is 1. The van der Waals surface area contributed by atoms with Gasteiger partial charge in [0.25, 0.3) is 5.91 Å². The third-order valence-corrected chi connectivity index (χ3v) is 3.68. The van der Waals surface area contributed by atoms with Crippen LogP contribution in [0.15, 0.2) is 42.5 Å². The van der Waals surface area contributed by atoms with Gasteiger partial charge in [0.2, 0.25) is 0 Å². The van der Waals surface area contributed by atoms with E-state index in [2.05, 4.69) is 16.7 Å². The van der Waals surface area contributed by atoms with Gasteiger partial charge in [0.05, 0.1) is 24.0 Å². The molecule has 1 amide bonds. The predicted octanol–water partition coefficient (Wildman–Crippen LogP) is 3.31. The zero-order chi connectivity index (χ0) is 14.7. The molecule has 2 aromatic carbocycles. The second kappa shape index (κ2) is 5.87. The van der Waals surface area contributed by atoms with E-state index < -0.39 is 0 Å². The standard InChI is InChI=1S/C17H18N2O2/c1-21-15-10-3-2-8-13(15)17(20)19-14-9-4-6-12-7-5-11-18-16(12)14/h2-4,6,8-10,18H,5,7,11H2,1H3,(H,19,20). The average molecular weight is 282 g/mol. The minimum Gasteiger partial charge on any atom is -0.496 e. The number of carbonyl (C=O) groups excluding carboxylic acids is 1. The summed E-state index contributed by atoms with van der Waals surface area (Å²) in [6.07, 6.45) is 2.16. The number of methoxy groups -OCH3 is 1. The van der Waals surface area contributed by atoms with Crippen LogP contribution in [0, 0.1) is 0 Å². The van der Waals surface area contributed by atoms with Crippen molar-refractivity contribution in [1.82, 2.24) is 0 Å². The Labute approximate surface area is 124 Å². The molecule has 4 nitrogen and oxygen atoms in total. The van der Waals surface area contributed by atoms with Crippen molar-refractivity contribution in [3.05, 3.63) is 53.6 Å². The van der Waals surface area contributed by atoms with Crippen LogP contribution in [0.1, 0.15) is 22.3 Å². The fraction of sp³-hybridized carbons (Fsp3) is 0.235. The number of anilines is 2. The minimum absolute atomic E-state index is 0.159. The van der Waals surface area contributed by atoms with E-state index in [0.29, 0.717) is 11.3 Å². The first-order valence-corrected chi connectivity index (χ1v) is 7.09. The normalized spacial score (nSPS) is 13.0. The minimum atomic E-state index is -0.159. The van der Waals surface area contributed by atoms with Crippen molar-refractivity contribution in [2.75, 3.05) is 24.3 Å². The molecule has 21 heavy (non-hydrogen) atoms. The van der Waals surface area contributed by atoms with Gasteiger partial charge in [-0.3, -0.25) is 4.79 Å². The van der Waals surface area contributed by atoms with E-state index in [4.69, 9.17) is 4.74 Å². The summed E-state index contributed by atoms with van der Waals surface area (Å²) in [5, 5.41) is 6.35. The number of amides is 1. The van der Waals surface area contributed by atoms with Gasteiger partial charge in [-0.1, -0.05) is 24.3 Å². The molecule has 0 saturated heterocycles. The fourth-order valence-electron chi connectivity index (χ4n) is 2.64. The molecule has 0 radical (unpaired) electrons. The fourth-order valence-corrected chi connectivity index (χ4v) is 2.64. The molecule has 3 rings (SSSR count). The van der Waals surface area contributed by atoms with Crippen molar-refractivity contribution in [3.8, 4) is 5.75 Å². The summed E-state index contributed by atoms with van der Waals surface area (Å²) in [7, 11) is 1.57. The van der Waals surface area contributed by atoms with Crippen molar-refractivity contribution >= 4 is 17.3 Å². The topological polar surface area (TPSA) is 50.4 Å². The van der Waals surface area contributed by atoms with Crippen molar-refractivity contribution in [2.45, 2.75) is 12.8 Å². The van der Waals surface area contributed by atoms with Gasteiger partial charge in [0.15, 0.2) is 0 Å². The number of aryl methyl sites for hydroxylation is 1. The summed E-state index contributed by atoms with van der Waals surface area (Å²) in [6.45, 7) is 0.939. The van der Waals surface area contributed by atoms with Crippen LogP contribution in [0.25, 0.3) is 0 Å². The van der Waals surface area contributed by atoms with Crippen molar-refractivity contribution in [3.63, 3.8) is 0 Å². The summed E-state index contributed by atoms with van der Waals surface area (Å²) < 4.78 is 5.24. The molecule has 1 heterocycles. The van der Waals surface area contributed by atoms with Crippen LogP contribution in [-0.2, 0) is 6.42 Å². The summed E-state index contributed by atoms with van der Waals surface area (Å²) >= 11 is 0. The Morgan fingerprint density at radius 2 is 2.05 bits per heavy atom. The first-order valence-electron chi connectivity index (χ1n) is 7.09. The summed E-state index contributed by atoms with van der Waals surface area (Å²) in [5.41, 5.74) is 3.64. The van der Waals surface area contributed by atoms with Crippen molar-refractivity contribution in [1.29, 1.82) is 0 Å². The largest absolute Gasteiger partial charge is 0.496 e. The Hall–Kier alpha value is -2.49. The van der Waals surface area contributed by atoms with E-state index in [-0.39, 0.29) is 5.91 Å². The number of fused-ring (bicyclic) bond motifs is 1. The van der Waals surface area contributed by atoms with Gasteiger partial charge in [0.1, 0.15) is 5.75 Å². The summed E-state index contributed by atoms with van der Waals surface area (Å²) in [4.78, 5) is 12.5. The molecule has 1 aliphatic rings. The lowest BCUT2D eigenvalue weighted by Crippen LogP contribution is -2.18. The van der Waals surface area contributed by atoms with Crippen LogP contribution in [0.4, 0.5) is 11.4 Å². The van der Waals surface area contributed by atoms with E-state index in [1.807, 2.05) is 24.3 Å². The number of hydrogen-bond donors (Lipinski definition) is 2. The van der Waals surface area contributed by atoms with Gasteiger partial charge < -0.3 is 15.4 Å². The lowest BCUT2D eigenvalue weighted by Gasteiger charge is -2.21. The second-order valence-corrected chi connectivity index (χ2v) is 5.02. The Morgan fingerprint density at radius 1 is 1.19 bits per heavy atom. The number of para-hydroxylation sites is 2. The van der Waals surface area contributed by atoms with E-state index >= 15 is 0 Å². The van der Waals surface area contributed by atoms with Gasteiger partial charge in [-0.05, 0) is 36.6 Å². The maximum absolute atomic E-state index is 12.5. The molecule has 0 fully saturated rings. The summed E-state index contributed by atoms with van der Waals surface area (Å²) in [5.74, 6) is 0.418. The zero-order valence-electron chi connectivity index (χ0n) is 12.0.